The summed E-state index contributed by atoms with van der Waals surface area (Å²) in [5, 5.41) is 6.34. The first-order valence-corrected chi connectivity index (χ1v) is 14.0. The molecule has 0 bridgehead atoms. The van der Waals surface area contributed by atoms with Crippen LogP contribution in [0.15, 0.2) is 56.1 Å². The van der Waals surface area contributed by atoms with Gasteiger partial charge in [-0.25, -0.2) is 0 Å². The Hall–Kier alpha value is -3.39. The summed E-state index contributed by atoms with van der Waals surface area (Å²) < 4.78 is 40.0. The van der Waals surface area contributed by atoms with Gasteiger partial charge >= 0.3 is 0 Å². The van der Waals surface area contributed by atoms with Crippen molar-refractivity contribution in [2.24, 2.45) is 12.1 Å². The van der Waals surface area contributed by atoms with Crippen LogP contribution in [0.25, 0.3) is 10.6 Å². The maximum atomic E-state index is 13.5. The Kier molecular flexibility index (Phi) is 6.06. The predicted molar refractivity (Wildman–Crippen MR) is 144 cm³/mol. The first kappa shape index (κ1) is 25.3. The first-order chi connectivity index (χ1) is 17.4. The zero-order valence-electron chi connectivity index (χ0n) is 20.5. The molecule has 1 aromatic heterocycles. The van der Waals surface area contributed by atoms with Crippen LogP contribution in [-0.2, 0) is 22.0 Å². The highest BCUT2D eigenvalue weighted by atomic mass is 32.2. The molecule has 3 heterocycles. The molecule has 1 amide bonds. The fourth-order valence-electron chi connectivity index (χ4n) is 4.20. The second kappa shape index (κ2) is 8.87. The molecule has 2 aliphatic rings. The number of fused-ring (bicyclic) bond motifs is 1. The molecule has 0 saturated heterocycles. The van der Waals surface area contributed by atoms with Crippen molar-refractivity contribution in [1.82, 2.24) is 4.57 Å². The summed E-state index contributed by atoms with van der Waals surface area (Å²) in [6.07, 6.45) is 0. The molecule has 37 heavy (non-hydrogen) atoms. The number of anilines is 2. The van der Waals surface area contributed by atoms with Crippen LogP contribution >= 0.6 is 23.1 Å². The topological polar surface area (TPSA) is 122 Å². The van der Waals surface area contributed by atoms with Crippen molar-refractivity contribution in [2.75, 3.05) is 24.1 Å². The molecule has 0 radical (unpaired) electrons. The molecule has 3 aromatic rings. The van der Waals surface area contributed by atoms with Crippen LogP contribution in [0.4, 0.5) is 11.4 Å². The highest BCUT2D eigenvalue weighted by Gasteiger charge is 2.33. The number of hydrazone groups is 1. The second-order valence-corrected chi connectivity index (χ2v) is 12.0. The van der Waals surface area contributed by atoms with E-state index in [1.165, 1.54) is 50.9 Å². The molecule has 0 unspecified atom stereocenters. The van der Waals surface area contributed by atoms with Crippen molar-refractivity contribution in [3.8, 4) is 5.75 Å². The van der Waals surface area contributed by atoms with Crippen LogP contribution in [-0.4, -0.2) is 43.3 Å². The van der Waals surface area contributed by atoms with Crippen LogP contribution < -0.4 is 29.4 Å². The maximum absolute atomic E-state index is 13.5. The molecule has 2 aliphatic heterocycles. The summed E-state index contributed by atoms with van der Waals surface area (Å²) in [4.78, 5) is 29.5. The number of hydrogen-bond donors (Lipinski definition) is 1. The molecule has 0 spiro atoms. The van der Waals surface area contributed by atoms with E-state index in [1.54, 1.807) is 28.0 Å². The Bertz CT molecular complexity index is 1820. The van der Waals surface area contributed by atoms with Gasteiger partial charge in [0.05, 0.1) is 34.7 Å². The van der Waals surface area contributed by atoms with Gasteiger partial charge in [-0.3, -0.25) is 14.1 Å². The van der Waals surface area contributed by atoms with Gasteiger partial charge in [0.15, 0.2) is 0 Å². The van der Waals surface area contributed by atoms with Gasteiger partial charge < -0.3 is 14.2 Å². The number of thioether (sulfide) groups is 1. The quantitative estimate of drug-likeness (QED) is 0.484. The summed E-state index contributed by atoms with van der Waals surface area (Å²) in [7, 11) is 0.721. The van der Waals surface area contributed by atoms with Gasteiger partial charge in [-0.05, 0) is 49.7 Å². The number of nitrogens with zero attached hydrogens (tertiary/aromatic N) is 4. The van der Waals surface area contributed by atoms with E-state index in [2.05, 4.69) is 5.10 Å². The van der Waals surface area contributed by atoms with Crippen molar-refractivity contribution in [1.29, 1.82) is 0 Å². The van der Waals surface area contributed by atoms with E-state index in [1.807, 2.05) is 30.1 Å². The van der Waals surface area contributed by atoms with E-state index >= 15 is 0 Å². The average Bonchev–Trinajstić information content (AvgIpc) is 3.43. The zero-order valence-corrected chi connectivity index (χ0v) is 22.9. The smallest absolute Gasteiger partial charge is 0.294 e. The molecular formula is C24H22N4O6S3. The number of rotatable bonds is 3. The third-order valence-electron chi connectivity index (χ3n) is 6.16. The van der Waals surface area contributed by atoms with Crippen molar-refractivity contribution in [3.05, 3.63) is 61.5 Å². The van der Waals surface area contributed by atoms with Crippen LogP contribution in [0.2, 0.25) is 0 Å². The number of thiazole rings is 1. The van der Waals surface area contributed by atoms with E-state index < -0.39 is 16.0 Å². The molecule has 5 rings (SSSR count). The lowest BCUT2D eigenvalue weighted by Gasteiger charge is -2.15. The number of carbonyl (C=O) groups excluding carboxylic acids is 1. The highest BCUT2D eigenvalue weighted by Crippen LogP contribution is 2.46. The summed E-state index contributed by atoms with van der Waals surface area (Å²) >= 11 is 2.70. The van der Waals surface area contributed by atoms with E-state index in [9.17, 15) is 22.6 Å². The largest absolute Gasteiger partial charge is 0.497 e. The van der Waals surface area contributed by atoms with Crippen molar-refractivity contribution >= 4 is 66.8 Å². The number of amides is 1. The molecule has 0 fully saturated rings. The minimum atomic E-state index is -4.38. The van der Waals surface area contributed by atoms with Gasteiger partial charge in [-0.2, -0.15) is 18.5 Å². The van der Waals surface area contributed by atoms with Gasteiger partial charge in [0, 0.05) is 25.1 Å². The Morgan fingerprint density at radius 1 is 1.03 bits per heavy atom. The molecule has 13 heteroatoms. The normalized spacial score (nSPS) is 18.4. The van der Waals surface area contributed by atoms with E-state index in [4.69, 9.17) is 4.74 Å². The van der Waals surface area contributed by atoms with Gasteiger partial charge in [0.1, 0.15) is 20.0 Å². The number of methoxy groups -OCH3 is 1. The van der Waals surface area contributed by atoms with Crippen molar-refractivity contribution in [2.45, 2.75) is 23.6 Å². The van der Waals surface area contributed by atoms with Crippen LogP contribution in [0.3, 0.4) is 0 Å². The highest BCUT2D eigenvalue weighted by molar-refractivity contribution is 8.08. The van der Waals surface area contributed by atoms with Gasteiger partial charge in [-0.15, -0.1) is 11.3 Å². The third kappa shape index (κ3) is 4.07. The van der Waals surface area contributed by atoms with Gasteiger partial charge in [-0.1, -0.05) is 11.8 Å². The molecule has 0 aliphatic carbocycles. The lowest BCUT2D eigenvalue weighted by Crippen LogP contribution is -2.33. The number of aromatic nitrogens is 1. The number of hydrogen-bond acceptors (Lipinski definition) is 9. The summed E-state index contributed by atoms with van der Waals surface area (Å²) in [5.74, 6) is 0.278. The summed E-state index contributed by atoms with van der Waals surface area (Å²) in [5.41, 5.74) is 2.23. The lowest BCUT2D eigenvalue weighted by molar-refractivity contribution is -0.112. The molecular weight excluding hydrogens is 536 g/mol. The number of benzene rings is 2. The van der Waals surface area contributed by atoms with Crippen LogP contribution in [0.1, 0.15) is 12.5 Å². The van der Waals surface area contributed by atoms with Crippen LogP contribution in [0, 0.1) is 6.92 Å². The Labute approximate surface area is 220 Å². The lowest BCUT2D eigenvalue weighted by atomic mass is 10.1. The van der Waals surface area contributed by atoms with Crippen molar-refractivity contribution in [3.63, 3.8) is 0 Å². The molecule has 0 saturated carbocycles. The van der Waals surface area contributed by atoms with Crippen molar-refractivity contribution < 1.29 is 22.5 Å². The standard InChI is InChI=1S/C24H22N4O6S3/c1-12-10-15(37(31,32)33)7-8-16(12)28-21(29)19(13(2)25-28)23-27(4)22(30)20(36-23)24-26(3)17-11-14(34-5)6-9-18(17)35-24/h6-11H,1-5H3,(H,31,32,33). The minimum absolute atomic E-state index is 0.227. The van der Waals surface area contributed by atoms with E-state index in [0.717, 1.165) is 15.6 Å². The summed E-state index contributed by atoms with van der Waals surface area (Å²) in [6, 6.07) is 9.63. The summed E-state index contributed by atoms with van der Waals surface area (Å²) in [6.45, 7) is 3.31. The molecule has 0 atom stereocenters. The predicted octanol–water partition coefficient (Wildman–Crippen LogP) is 1.89. The Balaban J connectivity index is 1.63. The fraction of sp³-hybridized carbons (Fsp3) is 0.208. The van der Waals surface area contributed by atoms with Crippen LogP contribution in [0.5, 0.6) is 5.75 Å². The van der Waals surface area contributed by atoms with E-state index in [-0.39, 0.29) is 10.5 Å². The Morgan fingerprint density at radius 2 is 1.76 bits per heavy atom. The monoisotopic (exact) mass is 558 g/mol. The SMILES string of the molecule is COc1ccc2c(c1)N(C)C(=c1sc(=C3C(=O)N(c4ccc(S(=O)(=O)O)cc4C)N=C3C)n(C)c1=O)S2. The molecule has 2 aromatic carbocycles. The molecule has 192 valence electrons. The van der Waals surface area contributed by atoms with Gasteiger partial charge in [0.2, 0.25) is 0 Å². The van der Waals surface area contributed by atoms with Gasteiger partial charge in [0.25, 0.3) is 21.6 Å². The maximum Gasteiger partial charge on any atom is 0.294 e. The third-order valence-corrected chi connectivity index (χ3v) is 9.62. The average molecular weight is 559 g/mol. The number of ether oxygens (including phenoxy) is 1. The number of aryl methyl sites for hydroxylation is 1. The zero-order chi connectivity index (χ0) is 26.8. The first-order valence-electron chi connectivity index (χ1n) is 10.9. The second-order valence-electron chi connectivity index (χ2n) is 8.50. The fourth-order valence-corrected chi connectivity index (χ4v) is 7.28. The Morgan fingerprint density at radius 3 is 2.41 bits per heavy atom. The van der Waals surface area contributed by atoms with E-state index in [0.29, 0.717) is 37.5 Å². The number of carbonyl (C=O) groups is 1. The molecule has 1 N–H and O–H groups in total. The minimum Gasteiger partial charge on any atom is -0.497 e. The molecule has 10 nitrogen and oxygen atoms in total.